The number of rotatable bonds is 7. The lowest BCUT2D eigenvalue weighted by Crippen LogP contribution is -2.33. The Morgan fingerprint density at radius 1 is 1.26 bits per heavy atom. The quantitative estimate of drug-likeness (QED) is 0.474. The molecule has 2 atom stereocenters. The fraction of sp³-hybridized carbons (Fsp3) is 0.238. The Kier molecular flexibility index (Phi) is 5.96. The minimum absolute atomic E-state index is 0.0889. The number of imidazole rings is 1. The Bertz CT molecular complexity index is 952. The summed E-state index contributed by atoms with van der Waals surface area (Å²) in [5.74, 6) is -0.378. The summed E-state index contributed by atoms with van der Waals surface area (Å²) in [5.41, 5.74) is 2.78. The van der Waals surface area contributed by atoms with E-state index in [1.54, 1.807) is 12.1 Å². The molecule has 0 spiro atoms. The lowest BCUT2D eigenvalue weighted by Gasteiger charge is -2.18. The van der Waals surface area contributed by atoms with E-state index in [1.165, 1.54) is 23.9 Å². The second-order valence-electron chi connectivity index (χ2n) is 6.32. The van der Waals surface area contributed by atoms with Crippen molar-refractivity contribution in [2.75, 3.05) is 0 Å². The molecule has 2 aromatic carbocycles. The molecular weight excluding hydrogens is 361 g/mol. The normalized spacial score (nSPS) is 13.3. The van der Waals surface area contributed by atoms with Crippen LogP contribution in [0.5, 0.6) is 0 Å². The molecule has 1 heterocycles. The largest absolute Gasteiger partial charge is 0.349 e. The van der Waals surface area contributed by atoms with E-state index < -0.39 is 0 Å². The summed E-state index contributed by atoms with van der Waals surface area (Å²) in [4.78, 5) is 17.3. The van der Waals surface area contributed by atoms with Crippen LogP contribution in [0.4, 0.5) is 4.39 Å². The van der Waals surface area contributed by atoms with Gasteiger partial charge < -0.3 is 9.88 Å². The van der Waals surface area contributed by atoms with Crippen molar-refractivity contribution in [3.05, 3.63) is 72.6 Å². The molecule has 27 heavy (non-hydrogen) atoms. The number of amides is 1. The Morgan fingerprint density at radius 3 is 2.67 bits per heavy atom. The first-order chi connectivity index (χ1) is 13.0. The highest BCUT2D eigenvalue weighted by Crippen LogP contribution is 2.28. The van der Waals surface area contributed by atoms with Crippen LogP contribution in [0.15, 0.2) is 66.3 Å². The number of hydrogen-bond acceptors (Lipinski definition) is 3. The topological polar surface area (TPSA) is 46.9 Å². The number of para-hydroxylation sites is 2. The first kappa shape index (κ1) is 19.2. The van der Waals surface area contributed by atoms with Crippen molar-refractivity contribution >= 4 is 28.7 Å². The molecule has 0 radical (unpaired) electrons. The third-order valence-corrected chi connectivity index (χ3v) is 5.40. The van der Waals surface area contributed by atoms with Crippen LogP contribution in [0.25, 0.3) is 11.0 Å². The number of nitrogens with zero attached hydrogens (tertiary/aromatic N) is 2. The van der Waals surface area contributed by atoms with Crippen molar-refractivity contribution in [2.45, 2.75) is 36.8 Å². The first-order valence-corrected chi connectivity index (χ1v) is 9.66. The smallest absolute Gasteiger partial charge is 0.233 e. The number of thioether (sulfide) groups is 1. The van der Waals surface area contributed by atoms with Gasteiger partial charge in [-0.05, 0) is 43.7 Å². The van der Waals surface area contributed by atoms with Gasteiger partial charge >= 0.3 is 0 Å². The number of halogens is 1. The van der Waals surface area contributed by atoms with Gasteiger partial charge in [-0.25, -0.2) is 9.37 Å². The van der Waals surface area contributed by atoms with Gasteiger partial charge in [-0.2, -0.15) is 0 Å². The number of carbonyl (C=O) groups excluding carboxylic acids is 1. The molecule has 0 bridgehead atoms. The second-order valence-corrected chi connectivity index (χ2v) is 7.63. The Hall–Kier alpha value is -2.60. The SMILES string of the molecule is C=CCn1c(S[C@H](C)C(=O)N[C@H](C)c2ccc(F)cc2)nc2ccccc21. The van der Waals surface area contributed by atoms with Crippen LogP contribution in [-0.2, 0) is 11.3 Å². The zero-order valence-electron chi connectivity index (χ0n) is 15.4. The van der Waals surface area contributed by atoms with Gasteiger partial charge in [-0.3, -0.25) is 4.79 Å². The van der Waals surface area contributed by atoms with Crippen LogP contribution >= 0.6 is 11.8 Å². The van der Waals surface area contributed by atoms with Gasteiger partial charge in [0, 0.05) is 6.54 Å². The highest BCUT2D eigenvalue weighted by atomic mass is 32.2. The Morgan fingerprint density at radius 2 is 1.96 bits per heavy atom. The third kappa shape index (κ3) is 4.39. The molecule has 3 aromatic rings. The van der Waals surface area contributed by atoms with E-state index in [2.05, 4.69) is 21.4 Å². The standard InChI is InChI=1S/C21H22FN3OS/c1-4-13-25-19-8-6-5-7-18(19)24-21(25)27-15(3)20(26)23-14(2)16-9-11-17(22)12-10-16/h4-12,14-15H,1,13H2,2-3H3,(H,23,26)/t14-,15-/m1/s1. The van der Waals surface area contributed by atoms with Gasteiger partial charge in [-0.1, -0.05) is 42.1 Å². The van der Waals surface area contributed by atoms with E-state index in [9.17, 15) is 9.18 Å². The zero-order valence-corrected chi connectivity index (χ0v) is 16.2. The molecule has 1 N–H and O–H groups in total. The summed E-state index contributed by atoms with van der Waals surface area (Å²) < 4.78 is 15.1. The number of aromatic nitrogens is 2. The average molecular weight is 383 g/mol. The molecule has 0 aliphatic rings. The van der Waals surface area contributed by atoms with Gasteiger partial charge in [0.1, 0.15) is 5.82 Å². The predicted molar refractivity (Wildman–Crippen MR) is 108 cm³/mol. The van der Waals surface area contributed by atoms with Crippen LogP contribution in [0.2, 0.25) is 0 Å². The van der Waals surface area contributed by atoms with Crippen molar-refractivity contribution in [1.29, 1.82) is 0 Å². The van der Waals surface area contributed by atoms with Crippen LogP contribution < -0.4 is 5.32 Å². The molecule has 0 saturated heterocycles. The van der Waals surface area contributed by atoms with E-state index >= 15 is 0 Å². The minimum Gasteiger partial charge on any atom is -0.349 e. The van der Waals surface area contributed by atoms with E-state index in [1.807, 2.05) is 44.2 Å². The van der Waals surface area contributed by atoms with Crippen molar-refractivity contribution < 1.29 is 9.18 Å². The van der Waals surface area contributed by atoms with Gasteiger partial charge in [-0.15, -0.1) is 6.58 Å². The molecule has 4 nitrogen and oxygen atoms in total. The van der Waals surface area contributed by atoms with Crippen molar-refractivity contribution in [1.82, 2.24) is 14.9 Å². The highest BCUT2D eigenvalue weighted by Gasteiger charge is 2.20. The monoisotopic (exact) mass is 383 g/mol. The summed E-state index contributed by atoms with van der Waals surface area (Å²) >= 11 is 1.42. The summed E-state index contributed by atoms with van der Waals surface area (Å²) in [6.45, 7) is 8.18. The molecular formula is C21H22FN3OS. The van der Waals surface area contributed by atoms with Crippen molar-refractivity contribution in [3.8, 4) is 0 Å². The van der Waals surface area contributed by atoms with Gasteiger partial charge in [0.2, 0.25) is 5.91 Å². The maximum absolute atomic E-state index is 13.1. The highest BCUT2D eigenvalue weighted by molar-refractivity contribution is 8.00. The number of nitrogens with one attached hydrogen (secondary N) is 1. The lowest BCUT2D eigenvalue weighted by molar-refractivity contribution is -0.120. The number of fused-ring (bicyclic) bond motifs is 1. The molecule has 0 saturated carbocycles. The minimum atomic E-state index is -0.326. The number of hydrogen-bond donors (Lipinski definition) is 1. The molecule has 0 unspecified atom stereocenters. The fourth-order valence-electron chi connectivity index (χ4n) is 2.83. The summed E-state index contributed by atoms with van der Waals surface area (Å²) in [6, 6.07) is 13.8. The van der Waals surface area contributed by atoms with Crippen LogP contribution in [-0.4, -0.2) is 20.7 Å². The number of carbonyl (C=O) groups is 1. The summed E-state index contributed by atoms with van der Waals surface area (Å²) in [5, 5.41) is 3.44. The predicted octanol–water partition coefficient (Wildman–Crippen LogP) is 4.72. The molecule has 0 aliphatic carbocycles. The van der Waals surface area contributed by atoms with Crippen molar-refractivity contribution in [2.24, 2.45) is 0 Å². The first-order valence-electron chi connectivity index (χ1n) is 8.78. The number of allylic oxidation sites excluding steroid dienone is 1. The van der Waals surface area contributed by atoms with Crippen LogP contribution in [0, 0.1) is 5.82 Å². The van der Waals surface area contributed by atoms with Crippen molar-refractivity contribution in [3.63, 3.8) is 0 Å². The molecule has 6 heteroatoms. The molecule has 1 aromatic heterocycles. The fourth-order valence-corrected chi connectivity index (χ4v) is 3.77. The van der Waals surface area contributed by atoms with Gasteiger partial charge in [0.25, 0.3) is 0 Å². The molecule has 0 fully saturated rings. The van der Waals surface area contributed by atoms with E-state index in [0.29, 0.717) is 6.54 Å². The van der Waals surface area contributed by atoms with E-state index in [0.717, 1.165) is 21.8 Å². The number of benzene rings is 2. The van der Waals surface area contributed by atoms with Gasteiger partial charge in [0.15, 0.2) is 5.16 Å². The second kappa shape index (κ2) is 8.39. The molecule has 3 rings (SSSR count). The summed E-state index contributed by atoms with van der Waals surface area (Å²) in [6.07, 6.45) is 1.82. The third-order valence-electron chi connectivity index (χ3n) is 4.31. The molecule has 140 valence electrons. The molecule has 1 amide bonds. The van der Waals surface area contributed by atoms with E-state index in [-0.39, 0.29) is 23.0 Å². The maximum Gasteiger partial charge on any atom is 0.233 e. The van der Waals surface area contributed by atoms with E-state index in [4.69, 9.17) is 0 Å². The average Bonchev–Trinajstić information content (AvgIpc) is 3.00. The van der Waals surface area contributed by atoms with Gasteiger partial charge in [0.05, 0.1) is 22.3 Å². The molecule has 0 aliphatic heterocycles. The zero-order chi connectivity index (χ0) is 19.4. The maximum atomic E-state index is 13.1. The van der Waals surface area contributed by atoms with Crippen LogP contribution in [0.3, 0.4) is 0 Å². The Labute approximate surface area is 162 Å². The Balaban J connectivity index is 1.72. The van der Waals surface area contributed by atoms with Crippen LogP contribution in [0.1, 0.15) is 25.5 Å². The summed E-state index contributed by atoms with van der Waals surface area (Å²) in [7, 11) is 0. The lowest BCUT2D eigenvalue weighted by atomic mass is 10.1.